The number of nitro groups is 1. The molecular weight excluding hydrogens is 284 g/mol. The summed E-state index contributed by atoms with van der Waals surface area (Å²) in [5.41, 5.74) is 0.977. The maximum atomic E-state index is 12.6. The monoisotopic (exact) mass is 306 g/mol. The van der Waals surface area contributed by atoms with Gasteiger partial charge in [0, 0.05) is 37.4 Å². The van der Waals surface area contributed by atoms with Crippen molar-refractivity contribution >= 4 is 11.6 Å². The van der Waals surface area contributed by atoms with Crippen LogP contribution in [0.5, 0.6) is 0 Å². The lowest BCUT2D eigenvalue weighted by molar-refractivity contribution is -0.384. The Morgan fingerprint density at radius 1 is 1.41 bits per heavy atom. The Hall–Kier alpha value is -1.95. The first-order chi connectivity index (χ1) is 10.4. The fourth-order valence-electron chi connectivity index (χ4n) is 2.93. The summed E-state index contributed by atoms with van der Waals surface area (Å²) in [5.74, 6) is -0.163. The average molecular weight is 306 g/mol. The highest BCUT2D eigenvalue weighted by Crippen LogP contribution is 2.34. The Labute approximate surface area is 129 Å². The second-order valence-electron chi connectivity index (χ2n) is 6.06. The van der Waals surface area contributed by atoms with Gasteiger partial charge in [0.15, 0.2) is 0 Å². The van der Waals surface area contributed by atoms with Crippen LogP contribution in [-0.2, 0) is 0 Å². The van der Waals surface area contributed by atoms with Crippen molar-refractivity contribution in [2.24, 2.45) is 5.41 Å². The highest BCUT2D eigenvalue weighted by atomic mass is 16.6. The van der Waals surface area contributed by atoms with Crippen molar-refractivity contribution in [2.45, 2.75) is 33.1 Å². The Morgan fingerprint density at radius 3 is 2.55 bits per heavy atom. The highest BCUT2D eigenvalue weighted by Gasteiger charge is 2.34. The van der Waals surface area contributed by atoms with Gasteiger partial charge in [0.05, 0.1) is 4.92 Å². The molecule has 0 bridgehead atoms. The van der Waals surface area contributed by atoms with Crippen LogP contribution in [0.2, 0.25) is 0 Å². The van der Waals surface area contributed by atoms with Gasteiger partial charge in [0.1, 0.15) is 0 Å². The van der Waals surface area contributed by atoms with Gasteiger partial charge in [-0.15, -0.1) is 0 Å². The molecule has 2 rings (SSSR count). The van der Waals surface area contributed by atoms with Crippen LogP contribution in [0.15, 0.2) is 18.2 Å². The molecule has 0 aromatic heterocycles. The largest absolute Gasteiger partial charge is 0.396 e. The number of aliphatic hydroxyl groups excluding tert-OH is 1. The molecule has 120 valence electrons. The fourth-order valence-corrected chi connectivity index (χ4v) is 2.93. The number of piperidine rings is 1. The highest BCUT2D eigenvalue weighted by molar-refractivity contribution is 5.96. The van der Waals surface area contributed by atoms with Crippen molar-refractivity contribution in [1.29, 1.82) is 0 Å². The first-order valence-corrected chi connectivity index (χ1v) is 7.57. The van der Waals surface area contributed by atoms with Crippen LogP contribution in [0.1, 0.15) is 42.1 Å². The van der Waals surface area contributed by atoms with Gasteiger partial charge in [-0.1, -0.05) is 13.0 Å². The molecule has 1 aliphatic heterocycles. The lowest BCUT2D eigenvalue weighted by Gasteiger charge is -2.40. The molecule has 1 fully saturated rings. The minimum absolute atomic E-state index is 0.0655. The number of benzene rings is 1. The molecule has 1 aliphatic rings. The summed E-state index contributed by atoms with van der Waals surface area (Å²) in [4.78, 5) is 24.7. The van der Waals surface area contributed by atoms with Gasteiger partial charge >= 0.3 is 0 Å². The van der Waals surface area contributed by atoms with E-state index in [1.165, 1.54) is 12.1 Å². The number of amides is 1. The molecule has 1 N–H and O–H groups in total. The van der Waals surface area contributed by atoms with Gasteiger partial charge in [-0.25, -0.2) is 0 Å². The van der Waals surface area contributed by atoms with Crippen molar-refractivity contribution in [3.63, 3.8) is 0 Å². The topological polar surface area (TPSA) is 83.7 Å². The van der Waals surface area contributed by atoms with Crippen LogP contribution in [0, 0.1) is 22.5 Å². The lowest BCUT2D eigenvalue weighted by atomic mass is 9.77. The fraction of sp³-hybridized carbons (Fsp3) is 0.562. The molecule has 0 aliphatic carbocycles. The third kappa shape index (κ3) is 3.11. The maximum absolute atomic E-state index is 12.6. The first-order valence-electron chi connectivity index (χ1n) is 7.57. The predicted octanol–water partition coefficient (Wildman–Crippen LogP) is 2.53. The van der Waals surface area contributed by atoms with E-state index in [1.807, 2.05) is 0 Å². The Kier molecular flexibility index (Phi) is 4.81. The smallest absolute Gasteiger partial charge is 0.270 e. The molecule has 0 saturated carbocycles. The zero-order valence-corrected chi connectivity index (χ0v) is 13.0. The third-order valence-corrected chi connectivity index (χ3v) is 4.86. The summed E-state index contributed by atoms with van der Waals surface area (Å²) < 4.78 is 0. The van der Waals surface area contributed by atoms with E-state index < -0.39 is 4.92 Å². The summed E-state index contributed by atoms with van der Waals surface area (Å²) in [7, 11) is 0. The van der Waals surface area contributed by atoms with Crippen LogP contribution in [-0.4, -0.2) is 40.5 Å². The van der Waals surface area contributed by atoms with Gasteiger partial charge in [-0.3, -0.25) is 14.9 Å². The predicted molar refractivity (Wildman–Crippen MR) is 82.8 cm³/mol. The molecule has 6 heteroatoms. The number of hydrogen-bond acceptors (Lipinski definition) is 4. The standard InChI is InChI=1S/C16H22N2O4/c1-3-16(11-19)6-8-17(9-7-16)15(20)14-10-13(18(21)22)5-4-12(14)2/h4-5,10,19H,3,6-9,11H2,1-2H3. The molecule has 22 heavy (non-hydrogen) atoms. The number of non-ortho nitro benzene ring substituents is 1. The van der Waals surface area contributed by atoms with E-state index >= 15 is 0 Å². The van der Waals surface area contributed by atoms with E-state index in [1.54, 1.807) is 17.9 Å². The number of nitrogens with zero attached hydrogens (tertiary/aromatic N) is 2. The van der Waals surface area contributed by atoms with Crippen LogP contribution in [0.25, 0.3) is 0 Å². The number of hydrogen-bond donors (Lipinski definition) is 1. The number of carbonyl (C=O) groups is 1. The molecule has 1 heterocycles. The van der Waals surface area contributed by atoms with Crippen LogP contribution < -0.4 is 0 Å². The van der Waals surface area contributed by atoms with E-state index in [2.05, 4.69) is 6.92 Å². The Balaban J connectivity index is 2.16. The summed E-state index contributed by atoms with van der Waals surface area (Å²) in [6.45, 7) is 5.13. The number of carbonyl (C=O) groups excluding carboxylic acids is 1. The number of aliphatic hydroxyl groups is 1. The van der Waals surface area contributed by atoms with Crippen molar-refractivity contribution in [3.8, 4) is 0 Å². The summed E-state index contributed by atoms with van der Waals surface area (Å²) in [6, 6.07) is 4.38. The molecule has 1 aromatic carbocycles. The molecule has 1 amide bonds. The average Bonchev–Trinajstić information content (AvgIpc) is 2.54. The molecule has 1 saturated heterocycles. The number of likely N-dealkylation sites (tertiary alicyclic amines) is 1. The maximum Gasteiger partial charge on any atom is 0.270 e. The minimum Gasteiger partial charge on any atom is -0.396 e. The molecule has 0 radical (unpaired) electrons. The normalized spacial score (nSPS) is 17.3. The molecule has 0 unspecified atom stereocenters. The Morgan fingerprint density at radius 2 is 2.05 bits per heavy atom. The van der Waals surface area contributed by atoms with Crippen molar-refractivity contribution in [3.05, 3.63) is 39.4 Å². The van der Waals surface area contributed by atoms with Gasteiger partial charge in [-0.05, 0) is 37.2 Å². The van der Waals surface area contributed by atoms with Crippen molar-refractivity contribution < 1.29 is 14.8 Å². The van der Waals surface area contributed by atoms with Crippen LogP contribution in [0.3, 0.4) is 0 Å². The Bertz CT molecular complexity index is 572. The SMILES string of the molecule is CCC1(CO)CCN(C(=O)c2cc([N+](=O)[O-])ccc2C)CC1. The van der Waals surface area contributed by atoms with Gasteiger partial charge in [0.2, 0.25) is 0 Å². The number of nitro benzene ring substituents is 1. The second-order valence-corrected chi connectivity index (χ2v) is 6.06. The second kappa shape index (κ2) is 6.44. The zero-order chi connectivity index (χ0) is 16.3. The van der Waals surface area contributed by atoms with E-state index in [4.69, 9.17) is 0 Å². The van der Waals surface area contributed by atoms with E-state index in [0.717, 1.165) is 24.8 Å². The number of aryl methyl sites for hydroxylation is 1. The molecular formula is C16H22N2O4. The van der Waals surface area contributed by atoms with E-state index in [0.29, 0.717) is 18.7 Å². The quantitative estimate of drug-likeness (QED) is 0.684. The van der Waals surface area contributed by atoms with E-state index in [9.17, 15) is 20.0 Å². The van der Waals surface area contributed by atoms with Crippen LogP contribution >= 0.6 is 0 Å². The minimum atomic E-state index is -0.486. The first kappa shape index (κ1) is 16.4. The van der Waals surface area contributed by atoms with Gasteiger partial charge in [-0.2, -0.15) is 0 Å². The molecule has 0 atom stereocenters. The van der Waals surface area contributed by atoms with Crippen molar-refractivity contribution in [1.82, 2.24) is 4.90 Å². The van der Waals surface area contributed by atoms with Gasteiger partial charge in [0.25, 0.3) is 11.6 Å². The summed E-state index contributed by atoms with van der Waals surface area (Å²) >= 11 is 0. The number of rotatable bonds is 4. The van der Waals surface area contributed by atoms with Gasteiger partial charge < -0.3 is 10.0 Å². The lowest BCUT2D eigenvalue weighted by Crippen LogP contribution is -2.44. The zero-order valence-electron chi connectivity index (χ0n) is 13.0. The van der Waals surface area contributed by atoms with Crippen molar-refractivity contribution in [2.75, 3.05) is 19.7 Å². The molecule has 0 spiro atoms. The third-order valence-electron chi connectivity index (χ3n) is 4.86. The van der Waals surface area contributed by atoms with Crippen LogP contribution in [0.4, 0.5) is 5.69 Å². The molecule has 6 nitrogen and oxygen atoms in total. The van der Waals surface area contributed by atoms with E-state index in [-0.39, 0.29) is 23.6 Å². The summed E-state index contributed by atoms with van der Waals surface area (Å²) in [6.07, 6.45) is 2.42. The summed E-state index contributed by atoms with van der Waals surface area (Å²) in [5, 5.41) is 20.4. The molecule has 1 aromatic rings.